The predicted molar refractivity (Wildman–Crippen MR) is 161 cm³/mol. The Morgan fingerprint density at radius 1 is 1.17 bits per heavy atom. The summed E-state index contributed by atoms with van der Waals surface area (Å²) < 4.78 is 57.7. The van der Waals surface area contributed by atoms with Crippen LogP contribution in [0.25, 0.3) is 22.2 Å². The molecule has 2 aliphatic carbocycles. The second-order valence-electron chi connectivity index (χ2n) is 12.6. The Morgan fingerprint density at radius 2 is 1.93 bits per heavy atom. The second-order valence-corrected chi connectivity index (χ2v) is 12.6. The fourth-order valence-electron chi connectivity index (χ4n) is 5.93. The molecule has 0 bridgehead atoms. The first-order valence-electron chi connectivity index (χ1n) is 15.1. The number of amides is 2. The maximum atomic E-state index is 14.9. The standard InChI is InChI=1S/C33H32F3N5O5/c1-31(30(37)43)16-46-28-23(31)13-25(39-27(28)19-5-3-4-18(10-19)17-6-7-17)32(44,33(34,35)36)15-38-29(42)20-11-21-14-41(22-8-9-22)40-26(21)24(12-20)45-2/h3-5,10-14,17,22,44H,6-9,15-16H2,1-2H3,(H2,37,43)(H,38,42)/t31-,32?/m0/s1. The van der Waals surface area contributed by atoms with Crippen molar-refractivity contribution in [1.82, 2.24) is 20.1 Å². The van der Waals surface area contributed by atoms with Gasteiger partial charge < -0.3 is 25.6 Å². The number of aliphatic hydroxyl groups is 1. The molecule has 1 unspecified atom stereocenters. The highest BCUT2D eigenvalue weighted by Crippen LogP contribution is 2.49. The molecule has 3 aliphatic rings. The quantitative estimate of drug-likeness (QED) is 0.244. The van der Waals surface area contributed by atoms with Crippen LogP contribution in [0.4, 0.5) is 13.2 Å². The van der Waals surface area contributed by atoms with Gasteiger partial charge >= 0.3 is 6.18 Å². The lowest BCUT2D eigenvalue weighted by Crippen LogP contribution is -2.51. The number of halogens is 3. The molecule has 2 atom stereocenters. The smallest absolute Gasteiger partial charge is 0.424 e. The van der Waals surface area contributed by atoms with E-state index in [4.69, 9.17) is 15.2 Å². The third-order valence-corrected chi connectivity index (χ3v) is 9.22. The molecule has 0 radical (unpaired) electrons. The van der Waals surface area contributed by atoms with Gasteiger partial charge in [-0.1, -0.05) is 18.2 Å². The SMILES string of the molecule is COc1cc(C(=O)NCC(O)(c2cc3c(c(-c4cccc(C5CC5)c4)n2)OC[C@]3(C)C(N)=O)C(F)(F)F)cc2cn(C3CC3)nc12. The lowest BCUT2D eigenvalue weighted by Gasteiger charge is -2.31. The van der Waals surface area contributed by atoms with Gasteiger partial charge in [0.1, 0.15) is 34.7 Å². The topological polar surface area (TPSA) is 142 Å². The number of carbonyl (C=O) groups excluding carboxylic acids is 2. The van der Waals surface area contributed by atoms with Gasteiger partial charge in [-0.2, -0.15) is 18.3 Å². The van der Waals surface area contributed by atoms with Crippen molar-refractivity contribution in [2.45, 2.75) is 61.8 Å². The minimum atomic E-state index is -5.29. The van der Waals surface area contributed by atoms with Crippen molar-refractivity contribution in [3.05, 3.63) is 71.0 Å². The summed E-state index contributed by atoms with van der Waals surface area (Å²) >= 11 is 0. The molecule has 0 spiro atoms. The third kappa shape index (κ3) is 4.93. The molecule has 7 rings (SSSR count). The summed E-state index contributed by atoms with van der Waals surface area (Å²) in [6.07, 6.45) is 0.444. The lowest BCUT2D eigenvalue weighted by molar-refractivity contribution is -0.265. The predicted octanol–water partition coefficient (Wildman–Crippen LogP) is 4.63. The van der Waals surface area contributed by atoms with Gasteiger partial charge in [-0.25, -0.2) is 4.98 Å². The molecule has 2 saturated carbocycles. The molecule has 10 nitrogen and oxygen atoms in total. The van der Waals surface area contributed by atoms with Gasteiger partial charge in [0.2, 0.25) is 11.5 Å². The highest BCUT2D eigenvalue weighted by molar-refractivity contribution is 6.00. The van der Waals surface area contributed by atoms with E-state index in [0.29, 0.717) is 22.4 Å². The van der Waals surface area contributed by atoms with Crippen molar-refractivity contribution in [2.75, 3.05) is 20.3 Å². The van der Waals surface area contributed by atoms with Crippen LogP contribution in [-0.4, -0.2) is 58.1 Å². The summed E-state index contributed by atoms with van der Waals surface area (Å²) in [6, 6.07) is 11.4. The van der Waals surface area contributed by atoms with Gasteiger partial charge in [0, 0.05) is 28.3 Å². The van der Waals surface area contributed by atoms with Crippen LogP contribution in [-0.2, 0) is 15.8 Å². The number of alkyl halides is 3. The molecule has 2 fully saturated rings. The van der Waals surface area contributed by atoms with Crippen LogP contribution in [0.3, 0.4) is 0 Å². The van der Waals surface area contributed by atoms with E-state index in [1.807, 2.05) is 12.1 Å². The van der Waals surface area contributed by atoms with Gasteiger partial charge in [-0.15, -0.1) is 0 Å². The van der Waals surface area contributed by atoms with Gasteiger partial charge in [0.15, 0.2) is 0 Å². The number of hydrogen-bond acceptors (Lipinski definition) is 7. The molecule has 2 amide bonds. The summed E-state index contributed by atoms with van der Waals surface area (Å²) in [7, 11) is 1.41. The molecule has 1 aliphatic heterocycles. The molecule has 240 valence electrons. The third-order valence-electron chi connectivity index (χ3n) is 9.22. The van der Waals surface area contributed by atoms with Gasteiger partial charge in [-0.05, 0) is 68.4 Å². The number of aromatic nitrogens is 3. The Bertz CT molecular complexity index is 1900. The Hall–Kier alpha value is -4.65. The summed E-state index contributed by atoms with van der Waals surface area (Å²) in [5.74, 6) is -0.919. The summed E-state index contributed by atoms with van der Waals surface area (Å²) in [4.78, 5) is 30.2. The first-order valence-corrected chi connectivity index (χ1v) is 15.1. The molecule has 2 aromatic carbocycles. The van der Waals surface area contributed by atoms with E-state index in [2.05, 4.69) is 15.4 Å². The number of nitrogens with zero attached hydrogens (tertiary/aromatic N) is 3. The van der Waals surface area contributed by atoms with E-state index < -0.39 is 41.2 Å². The van der Waals surface area contributed by atoms with Gasteiger partial charge in [-0.3, -0.25) is 14.3 Å². The molecular formula is C33H32F3N5O5. The number of fused-ring (bicyclic) bond motifs is 2. The molecule has 3 heterocycles. The Morgan fingerprint density at radius 3 is 2.59 bits per heavy atom. The van der Waals surface area contributed by atoms with E-state index in [-0.39, 0.29) is 41.0 Å². The number of primary amides is 1. The van der Waals surface area contributed by atoms with E-state index >= 15 is 0 Å². The van der Waals surface area contributed by atoms with E-state index in [9.17, 15) is 27.9 Å². The van der Waals surface area contributed by atoms with Crippen LogP contribution in [0.2, 0.25) is 0 Å². The van der Waals surface area contributed by atoms with Crippen LogP contribution >= 0.6 is 0 Å². The minimum Gasteiger partial charge on any atom is -0.494 e. The normalized spacial score (nSPS) is 20.6. The molecule has 46 heavy (non-hydrogen) atoms. The molecule has 0 saturated heterocycles. The van der Waals surface area contributed by atoms with Crippen LogP contribution in [0.5, 0.6) is 11.5 Å². The minimum absolute atomic E-state index is 0.0263. The highest BCUT2D eigenvalue weighted by atomic mass is 19.4. The zero-order valence-corrected chi connectivity index (χ0v) is 25.1. The highest BCUT2D eigenvalue weighted by Gasteiger charge is 2.57. The fourth-order valence-corrected chi connectivity index (χ4v) is 5.93. The molecule has 4 aromatic rings. The van der Waals surface area contributed by atoms with Gasteiger partial charge in [0.05, 0.1) is 25.4 Å². The van der Waals surface area contributed by atoms with Crippen molar-refractivity contribution in [1.29, 1.82) is 0 Å². The first-order chi connectivity index (χ1) is 21.8. The molecule has 2 aromatic heterocycles. The monoisotopic (exact) mass is 635 g/mol. The first kappa shape index (κ1) is 30.0. The second kappa shape index (κ2) is 10.4. The number of ether oxygens (including phenoxy) is 2. The average Bonchev–Trinajstić information content (AvgIpc) is 3.97. The van der Waals surface area contributed by atoms with Crippen molar-refractivity contribution in [2.24, 2.45) is 5.73 Å². The number of hydrogen-bond donors (Lipinski definition) is 3. The van der Waals surface area contributed by atoms with Gasteiger partial charge in [0.25, 0.3) is 5.91 Å². The number of methoxy groups -OCH3 is 1. The molecular weight excluding hydrogens is 603 g/mol. The zero-order valence-electron chi connectivity index (χ0n) is 25.1. The average molecular weight is 636 g/mol. The fraction of sp³-hybridized carbons (Fsp3) is 0.394. The number of rotatable bonds is 9. The summed E-state index contributed by atoms with van der Waals surface area (Å²) in [5, 5.41) is 18.8. The zero-order chi connectivity index (χ0) is 32.6. The maximum absolute atomic E-state index is 14.9. The van der Waals surface area contributed by atoms with Crippen molar-refractivity contribution >= 4 is 22.7 Å². The maximum Gasteiger partial charge on any atom is 0.424 e. The summed E-state index contributed by atoms with van der Waals surface area (Å²) in [6.45, 7) is -0.00188. The number of nitrogens with one attached hydrogen (secondary N) is 1. The van der Waals surface area contributed by atoms with Crippen molar-refractivity contribution in [3.8, 4) is 22.8 Å². The van der Waals surface area contributed by atoms with Crippen molar-refractivity contribution < 1.29 is 37.3 Å². The van der Waals surface area contributed by atoms with Crippen LogP contribution < -0.4 is 20.5 Å². The Balaban J connectivity index is 1.28. The lowest BCUT2D eigenvalue weighted by atomic mass is 9.81. The largest absolute Gasteiger partial charge is 0.494 e. The molecule has 4 N–H and O–H groups in total. The number of carbonyl (C=O) groups is 2. The van der Waals surface area contributed by atoms with E-state index in [1.54, 1.807) is 23.0 Å². The van der Waals surface area contributed by atoms with Crippen LogP contribution in [0.15, 0.2) is 48.7 Å². The van der Waals surface area contributed by atoms with E-state index in [1.165, 1.54) is 26.2 Å². The van der Waals surface area contributed by atoms with Crippen molar-refractivity contribution in [3.63, 3.8) is 0 Å². The Kier molecular flexibility index (Phi) is 6.82. The molecule has 13 heteroatoms. The number of benzene rings is 2. The Labute approximate surface area is 261 Å². The van der Waals surface area contributed by atoms with E-state index in [0.717, 1.165) is 37.3 Å². The van der Waals surface area contributed by atoms with Crippen LogP contribution in [0, 0.1) is 0 Å². The summed E-state index contributed by atoms with van der Waals surface area (Å²) in [5.41, 5.74) is 1.91. The number of pyridine rings is 1. The number of nitrogens with two attached hydrogens (primary N) is 1. The van der Waals surface area contributed by atoms with Crippen LogP contribution in [0.1, 0.15) is 71.7 Å².